The molecule has 0 aliphatic heterocycles. The lowest BCUT2D eigenvalue weighted by Gasteiger charge is -2.13. The lowest BCUT2D eigenvalue weighted by atomic mass is 9.92. The Hall–Kier alpha value is -0.850. The van der Waals surface area contributed by atoms with Crippen LogP contribution in [0.5, 0.6) is 0 Å². The zero-order chi connectivity index (χ0) is 11.1. The van der Waals surface area contributed by atoms with Crippen LogP contribution < -0.4 is 0 Å². The van der Waals surface area contributed by atoms with Gasteiger partial charge in [0.15, 0.2) is 0 Å². The maximum Gasteiger partial charge on any atom is 0.135 e. The van der Waals surface area contributed by atoms with E-state index in [4.69, 9.17) is 0 Å². The normalized spacial score (nSPS) is 12.6. The van der Waals surface area contributed by atoms with E-state index >= 15 is 0 Å². The first-order valence-electron chi connectivity index (χ1n) is 5.30. The number of allylic oxidation sites excluding steroid dienone is 2. The van der Waals surface area contributed by atoms with Crippen molar-refractivity contribution in [3.05, 3.63) is 24.8 Å². The summed E-state index contributed by atoms with van der Waals surface area (Å²) >= 11 is 0. The zero-order valence-electron chi connectivity index (χ0n) is 9.68. The number of hydrogen-bond donors (Lipinski definition) is 0. The van der Waals surface area contributed by atoms with Crippen LogP contribution in [0.1, 0.15) is 40.0 Å². The van der Waals surface area contributed by atoms with E-state index in [-0.39, 0.29) is 5.92 Å². The SMILES string of the molecule is C=CCC(=C)C(C)CCC(=O)C(C)C. The van der Waals surface area contributed by atoms with Crippen LogP contribution in [-0.4, -0.2) is 5.78 Å². The molecule has 1 atom stereocenters. The highest BCUT2D eigenvalue weighted by Crippen LogP contribution is 2.19. The highest BCUT2D eigenvalue weighted by molar-refractivity contribution is 5.80. The second-order valence-corrected chi connectivity index (χ2v) is 4.21. The average molecular weight is 194 g/mol. The fourth-order valence-corrected chi connectivity index (χ4v) is 1.24. The van der Waals surface area contributed by atoms with Crippen LogP contribution in [0.4, 0.5) is 0 Å². The van der Waals surface area contributed by atoms with E-state index in [1.165, 1.54) is 5.57 Å². The van der Waals surface area contributed by atoms with Gasteiger partial charge in [0.1, 0.15) is 5.78 Å². The Balaban J connectivity index is 3.84. The molecule has 0 bridgehead atoms. The summed E-state index contributed by atoms with van der Waals surface area (Å²) in [5.74, 6) is 0.939. The summed E-state index contributed by atoms with van der Waals surface area (Å²) < 4.78 is 0. The molecule has 0 aliphatic rings. The molecule has 0 aliphatic carbocycles. The molecule has 0 rings (SSSR count). The van der Waals surface area contributed by atoms with Crippen LogP contribution >= 0.6 is 0 Å². The topological polar surface area (TPSA) is 17.1 Å². The quantitative estimate of drug-likeness (QED) is 0.564. The molecule has 0 saturated heterocycles. The second-order valence-electron chi connectivity index (χ2n) is 4.21. The number of carbonyl (C=O) groups is 1. The minimum Gasteiger partial charge on any atom is -0.299 e. The minimum atomic E-state index is 0.162. The van der Waals surface area contributed by atoms with Crippen molar-refractivity contribution in [3.8, 4) is 0 Å². The van der Waals surface area contributed by atoms with Crippen LogP contribution in [0.25, 0.3) is 0 Å². The Labute approximate surface area is 87.9 Å². The molecule has 0 N–H and O–H groups in total. The van der Waals surface area contributed by atoms with Gasteiger partial charge in [0, 0.05) is 12.3 Å². The summed E-state index contributed by atoms with van der Waals surface area (Å²) in [6, 6.07) is 0. The van der Waals surface area contributed by atoms with Crippen LogP contribution in [-0.2, 0) is 4.79 Å². The molecule has 0 aromatic carbocycles. The fraction of sp³-hybridized carbons (Fsp3) is 0.615. The van der Waals surface area contributed by atoms with Crippen molar-refractivity contribution in [2.24, 2.45) is 11.8 Å². The summed E-state index contributed by atoms with van der Waals surface area (Å²) in [4.78, 5) is 11.4. The van der Waals surface area contributed by atoms with Crippen molar-refractivity contribution >= 4 is 5.78 Å². The molecule has 0 fully saturated rings. The van der Waals surface area contributed by atoms with Crippen molar-refractivity contribution in [3.63, 3.8) is 0 Å². The predicted octanol–water partition coefficient (Wildman–Crippen LogP) is 3.76. The molecular weight excluding hydrogens is 172 g/mol. The van der Waals surface area contributed by atoms with Crippen LogP contribution in [0, 0.1) is 11.8 Å². The monoisotopic (exact) mass is 194 g/mol. The molecule has 0 radical (unpaired) electrons. The second kappa shape index (κ2) is 6.58. The molecule has 80 valence electrons. The van der Waals surface area contributed by atoms with Gasteiger partial charge in [0.25, 0.3) is 0 Å². The number of hydrogen-bond acceptors (Lipinski definition) is 1. The van der Waals surface area contributed by atoms with Crippen molar-refractivity contribution in [2.45, 2.75) is 40.0 Å². The van der Waals surface area contributed by atoms with Gasteiger partial charge in [-0.3, -0.25) is 4.79 Å². The molecule has 14 heavy (non-hydrogen) atoms. The largest absolute Gasteiger partial charge is 0.299 e. The Morgan fingerprint density at radius 3 is 2.36 bits per heavy atom. The Bertz CT molecular complexity index is 213. The van der Waals surface area contributed by atoms with Gasteiger partial charge in [0.2, 0.25) is 0 Å². The minimum absolute atomic E-state index is 0.162. The predicted molar refractivity (Wildman–Crippen MR) is 62.2 cm³/mol. The smallest absolute Gasteiger partial charge is 0.135 e. The van der Waals surface area contributed by atoms with Crippen LogP contribution in [0.2, 0.25) is 0 Å². The van der Waals surface area contributed by atoms with E-state index in [2.05, 4.69) is 20.1 Å². The third-order valence-electron chi connectivity index (χ3n) is 2.57. The Morgan fingerprint density at radius 1 is 1.36 bits per heavy atom. The first-order valence-corrected chi connectivity index (χ1v) is 5.30. The molecule has 0 aromatic heterocycles. The van der Waals surface area contributed by atoms with Gasteiger partial charge in [-0.05, 0) is 18.8 Å². The zero-order valence-corrected chi connectivity index (χ0v) is 9.68. The molecule has 0 amide bonds. The van der Waals surface area contributed by atoms with E-state index in [1.807, 2.05) is 19.9 Å². The van der Waals surface area contributed by atoms with E-state index in [9.17, 15) is 4.79 Å². The molecular formula is C13H22O. The van der Waals surface area contributed by atoms with Gasteiger partial charge in [-0.2, -0.15) is 0 Å². The number of Topliss-reactive ketones (excluding diaryl/α,β-unsaturated/α-hetero) is 1. The van der Waals surface area contributed by atoms with Gasteiger partial charge in [-0.15, -0.1) is 6.58 Å². The molecule has 0 heterocycles. The van der Waals surface area contributed by atoms with E-state index < -0.39 is 0 Å². The van der Waals surface area contributed by atoms with Crippen LogP contribution in [0.15, 0.2) is 24.8 Å². The van der Waals surface area contributed by atoms with E-state index in [0.717, 1.165) is 12.8 Å². The van der Waals surface area contributed by atoms with Gasteiger partial charge in [-0.1, -0.05) is 39.0 Å². The standard InChI is InChI=1S/C13H22O/c1-6-7-11(4)12(5)8-9-13(14)10(2)3/h6,10,12H,1,4,7-9H2,2-3,5H3. The number of ketones is 1. The third-order valence-corrected chi connectivity index (χ3v) is 2.57. The summed E-state index contributed by atoms with van der Waals surface area (Å²) in [6.45, 7) is 13.7. The average Bonchev–Trinajstić information content (AvgIpc) is 2.13. The summed E-state index contributed by atoms with van der Waals surface area (Å²) in [5.41, 5.74) is 1.18. The number of rotatable bonds is 7. The fourth-order valence-electron chi connectivity index (χ4n) is 1.24. The molecule has 1 heteroatoms. The Kier molecular flexibility index (Phi) is 6.18. The van der Waals surface area contributed by atoms with Crippen LogP contribution in [0.3, 0.4) is 0 Å². The summed E-state index contributed by atoms with van der Waals surface area (Å²) in [5, 5.41) is 0. The molecule has 0 spiro atoms. The van der Waals surface area contributed by atoms with E-state index in [0.29, 0.717) is 18.1 Å². The first kappa shape index (κ1) is 13.2. The van der Waals surface area contributed by atoms with E-state index in [1.54, 1.807) is 0 Å². The molecule has 1 unspecified atom stereocenters. The maximum atomic E-state index is 11.4. The van der Waals surface area contributed by atoms with Crippen molar-refractivity contribution in [1.82, 2.24) is 0 Å². The summed E-state index contributed by atoms with van der Waals surface area (Å²) in [7, 11) is 0. The molecule has 0 aromatic rings. The lowest BCUT2D eigenvalue weighted by Crippen LogP contribution is -2.09. The molecule has 0 saturated carbocycles. The highest BCUT2D eigenvalue weighted by Gasteiger charge is 2.11. The van der Waals surface area contributed by atoms with Gasteiger partial charge in [-0.25, -0.2) is 0 Å². The number of carbonyl (C=O) groups excluding carboxylic acids is 1. The first-order chi connectivity index (χ1) is 6.49. The maximum absolute atomic E-state index is 11.4. The van der Waals surface area contributed by atoms with Crippen molar-refractivity contribution < 1.29 is 4.79 Å². The lowest BCUT2D eigenvalue weighted by molar-refractivity contribution is -0.122. The van der Waals surface area contributed by atoms with Gasteiger partial charge in [0.05, 0.1) is 0 Å². The summed E-state index contributed by atoms with van der Waals surface area (Å²) in [6.07, 6.45) is 4.32. The highest BCUT2D eigenvalue weighted by atomic mass is 16.1. The van der Waals surface area contributed by atoms with Crippen molar-refractivity contribution in [1.29, 1.82) is 0 Å². The van der Waals surface area contributed by atoms with Gasteiger partial charge >= 0.3 is 0 Å². The van der Waals surface area contributed by atoms with Gasteiger partial charge < -0.3 is 0 Å². The molecule has 1 nitrogen and oxygen atoms in total. The van der Waals surface area contributed by atoms with Crippen molar-refractivity contribution in [2.75, 3.05) is 0 Å². The Morgan fingerprint density at radius 2 is 1.93 bits per heavy atom. The third kappa shape index (κ3) is 5.00.